The number of aromatic nitrogens is 1. The Labute approximate surface area is 141 Å². The average molecular weight is 339 g/mol. The van der Waals surface area contributed by atoms with E-state index in [0.717, 1.165) is 31.6 Å². The van der Waals surface area contributed by atoms with E-state index in [4.69, 9.17) is 9.72 Å². The molecule has 2 aromatic heterocycles. The summed E-state index contributed by atoms with van der Waals surface area (Å²) in [7, 11) is 0. The van der Waals surface area contributed by atoms with Crippen molar-refractivity contribution >= 4 is 34.2 Å². The maximum Gasteiger partial charge on any atom is 0.340 e. The minimum Gasteiger partial charge on any atom is -0.458 e. The molecule has 0 aliphatic carbocycles. The lowest BCUT2D eigenvalue weighted by Gasteiger charge is -1.99. The van der Waals surface area contributed by atoms with Crippen LogP contribution in [-0.2, 0) is 9.53 Å². The van der Waals surface area contributed by atoms with Gasteiger partial charge in [0.2, 0.25) is 0 Å². The number of thiophene rings is 1. The molecule has 0 atom stereocenters. The second-order valence-electron chi connectivity index (χ2n) is 5.27. The largest absolute Gasteiger partial charge is 0.458 e. The molecule has 0 saturated heterocycles. The van der Waals surface area contributed by atoms with Crippen LogP contribution in [0.5, 0.6) is 0 Å². The van der Waals surface area contributed by atoms with E-state index in [2.05, 4.69) is 0 Å². The summed E-state index contributed by atoms with van der Waals surface area (Å²) >= 11 is 3.18. The molecule has 3 aromatic rings. The van der Waals surface area contributed by atoms with Crippen LogP contribution in [0.25, 0.3) is 26.7 Å². The molecule has 0 saturated carbocycles. The first-order valence-corrected chi connectivity index (χ1v) is 8.91. The second kappa shape index (κ2) is 5.76. The van der Waals surface area contributed by atoms with E-state index in [9.17, 15) is 4.79 Å². The van der Waals surface area contributed by atoms with E-state index in [1.165, 1.54) is 0 Å². The summed E-state index contributed by atoms with van der Waals surface area (Å²) in [6.45, 7) is 2.32. The van der Waals surface area contributed by atoms with Gasteiger partial charge < -0.3 is 4.74 Å². The minimum absolute atomic E-state index is 0.247. The zero-order chi connectivity index (χ0) is 15.8. The fourth-order valence-corrected chi connectivity index (χ4v) is 4.53. The number of carbonyl (C=O) groups excluding carboxylic acids is 1. The standard InChI is InChI=1S/C18H13NO2S2/c1-11-10-21-18(20)14(11)16-15(13-8-5-9-22-13)19-17(23-16)12-6-3-2-4-7-12/h2-9H,10H2,1H3. The number of nitrogens with zero attached hydrogens (tertiary/aromatic N) is 1. The Bertz CT molecular complexity index is 893. The second-order valence-corrected chi connectivity index (χ2v) is 7.22. The molecule has 0 radical (unpaired) electrons. The van der Waals surface area contributed by atoms with Gasteiger partial charge in [0.15, 0.2) is 0 Å². The number of ether oxygens (including phenoxy) is 1. The number of benzene rings is 1. The van der Waals surface area contributed by atoms with Crippen molar-refractivity contribution in [3.63, 3.8) is 0 Å². The normalized spacial score (nSPS) is 14.4. The topological polar surface area (TPSA) is 39.2 Å². The number of cyclic esters (lactones) is 1. The van der Waals surface area contributed by atoms with Gasteiger partial charge in [-0.15, -0.1) is 22.7 Å². The number of hydrogen-bond acceptors (Lipinski definition) is 5. The molecule has 1 aliphatic heterocycles. The van der Waals surface area contributed by atoms with Crippen LogP contribution in [0.3, 0.4) is 0 Å². The van der Waals surface area contributed by atoms with Crippen molar-refractivity contribution in [2.45, 2.75) is 6.92 Å². The third-order valence-corrected chi connectivity index (χ3v) is 5.68. The van der Waals surface area contributed by atoms with Gasteiger partial charge in [-0.3, -0.25) is 0 Å². The Morgan fingerprint density at radius 1 is 1.13 bits per heavy atom. The lowest BCUT2D eigenvalue weighted by Crippen LogP contribution is -1.98. The van der Waals surface area contributed by atoms with Crippen LogP contribution in [-0.4, -0.2) is 17.6 Å². The van der Waals surface area contributed by atoms with Gasteiger partial charge >= 0.3 is 5.97 Å². The molecule has 5 heteroatoms. The van der Waals surface area contributed by atoms with Crippen LogP contribution in [0.1, 0.15) is 11.8 Å². The summed E-state index contributed by atoms with van der Waals surface area (Å²) in [5, 5.41) is 2.94. The monoisotopic (exact) mass is 339 g/mol. The maximum atomic E-state index is 12.2. The lowest BCUT2D eigenvalue weighted by atomic mass is 10.1. The molecule has 114 valence electrons. The molecule has 4 rings (SSSR count). The smallest absolute Gasteiger partial charge is 0.340 e. The Hall–Kier alpha value is -2.24. The van der Waals surface area contributed by atoms with Crippen molar-refractivity contribution in [3.8, 4) is 21.1 Å². The van der Waals surface area contributed by atoms with Crippen LogP contribution in [0.4, 0.5) is 0 Å². The summed E-state index contributed by atoms with van der Waals surface area (Å²) in [5.41, 5.74) is 3.58. The SMILES string of the molecule is CC1=C(c2sc(-c3ccccc3)nc2-c2cccs2)C(=O)OC1. The molecule has 0 unspecified atom stereocenters. The van der Waals surface area contributed by atoms with E-state index < -0.39 is 0 Å². The van der Waals surface area contributed by atoms with E-state index in [0.29, 0.717) is 12.2 Å². The Kier molecular flexibility index (Phi) is 3.59. The predicted octanol–water partition coefficient (Wildman–Crippen LogP) is 4.87. The summed E-state index contributed by atoms with van der Waals surface area (Å²) in [5.74, 6) is -0.247. The lowest BCUT2D eigenvalue weighted by molar-refractivity contribution is -0.134. The third kappa shape index (κ3) is 2.52. The number of esters is 1. The van der Waals surface area contributed by atoms with E-state index in [1.54, 1.807) is 22.7 Å². The van der Waals surface area contributed by atoms with Crippen molar-refractivity contribution in [2.75, 3.05) is 6.61 Å². The summed E-state index contributed by atoms with van der Waals surface area (Å²) in [4.78, 5) is 19.0. The predicted molar refractivity (Wildman–Crippen MR) is 94.4 cm³/mol. The van der Waals surface area contributed by atoms with Gasteiger partial charge in [-0.1, -0.05) is 36.4 Å². The third-order valence-electron chi connectivity index (χ3n) is 3.68. The summed E-state index contributed by atoms with van der Waals surface area (Å²) in [6.07, 6.45) is 0. The highest BCUT2D eigenvalue weighted by atomic mass is 32.1. The van der Waals surface area contributed by atoms with E-state index in [1.807, 2.05) is 54.8 Å². The van der Waals surface area contributed by atoms with Crippen LogP contribution in [0, 0.1) is 0 Å². The highest BCUT2D eigenvalue weighted by Crippen LogP contribution is 2.42. The molecular formula is C18H13NO2S2. The van der Waals surface area contributed by atoms with Crippen LogP contribution in [0.2, 0.25) is 0 Å². The van der Waals surface area contributed by atoms with Crippen molar-refractivity contribution in [2.24, 2.45) is 0 Å². The molecule has 3 nitrogen and oxygen atoms in total. The molecule has 0 amide bonds. The van der Waals surface area contributed by atoms with Crippen LogP contribution < -0.4 is 0 Å². The molecule has 1 aromatic carbocycles. The van der Waals surface area contributed by atoms with Crippen LogP contribution in [0.15, 0.2) is 53.4 Å². The molecular weight excluding hydrogens is 326 g/mol. The van der Waals surface area contributed by atoms with Gasteiger partial charge in [0.05, 0.1) is 15.3 Å². The van der Waals surface area contributed by atoms with Crippen molar-refractivity contribution < 1.29 is 9.53 Å². The zero-order valence-corrected chi connectivity index (χ0v) is 14.0. The molecule has 0 bridgehead atoms. The quantitative estimate of drug-likeness (QED) is 0.639. The fraction of sp³-hybridized carbons (Fsp3) is 0.111. The van der Waals surface area contributed by atoms with Gasteiger partial charge in [0, 0.05) is 5.56 Å². The van der Waals surface area contributed by atoms with Gasteiger partial charge in [0.25, 0.3) is 0 Å². The minimum atomic E-state index is -0.247. The number of rotatable bonds is 3. The maximum absolute atomic E-state index is 12.2. The number of thiazole rings is 1. The Morgan fingerprint density at radius 3 is 2.61 bits per heavy atom. The Balaban J connectivity index is 1.92. The molecule has 23 heavy (non-hydrogen) atoms. The molecule has 3 heterocycles. The average Bonchev–Trinajstić information content (AvgIpc) is 3.28. The molecule has 0 N–H and O–H groups in total. The summed E-state index contributed by atoms with van der Waals surface area (Å²) < 4.78 is 5.19. The van der Waals surface area contributed by atoms with Crippen molar-refractivity contribution in [3.05, 3.63) is 58.3 Å². The number of carbonyl (C=O) groups is 1. The number of hydrogen-bond donors (Lipinski definition) is 0. The first kappa shape index (κ1) is 14.4. The van der Waals surface area contributed by atoms with Gasteiger partial charge in [0.1, 0.15) is 17.3 Å². The van der Waals surface area contributed by atoms with Crippen molar-refractivity contribution in [1.29, 1.82) is 0 Å². The van der Waals surface area contributed by atoms with Gasteiger partial charge in [-0.05, 0) is 23.9 Å². The summed E-state index contributed by atoms with van der Waals surface area (Å²) in [6, 6.07) is 14.1. The Morgan fingerprint density at radius 2 is 1.96 bits per heavy atom. The highest BCUT2D eigenvalue weighted by Gasteiger charge is 2.29. The zero-order valence-electron chi connectivity index (χ0n) is 12.4. The van der Waals surface area contributed by atoms with Crippen LogP contribution >= 0.6 is 22.7 Å². The fourth-order valence-electron chi connectivity index (χ4n) is 2.55. The molecule has 1 aliphatic rings. The molecule has 0 spiro atoms. The van der Waals surface area contributed by atoms with Crippen molar-refractivity contribution in [1.82, 2.24) is 4.98 Å². The van der Waals surface area contributed by atoms with E-state index in [-0.39, 0.29) is 5.97 Å². The first-order valence-electron chi connectivity index (χ1n) is 7.21. The van der Waals surface area contributed by atoms with Gasteiger partial charge in [-0.25, -0.2) is 9.78 Å². The first-order chi connectivity index (χ1) is 11.2. The highest BCUT2D eigenvalue weighted by molar-refractivity contribution is 7.18. The van der Waals surface area contributed by atoms with E-state index >= 15 is 0 Å². The molecule has 0 fully saturated rings. The van der Waals surface area contributed by atoms with Gasteiger partial charge in [-0.2, -0.15) is 0 Å².